The summed E-state index contributed by atoms with van der Waals surface area (Å²) in [6.07, 6.45) is -4.80. The molecule has 0 aliphatic carbocycles. The molecule has 0 bridgehead atoms. The van der Waals surface area contributed by atoms with E-state index in [1.54, 1.807) is 0 Å². The van der Waals surface area contributed by atoms with Gasteiger partial charge in [-0.15, -0.1) is 0 Å². The van der Waals surface area contributed by atoms with E-state index in [4.69, 9.17) is 15.0 Å². The maximum atomic E-state index is 14.7. The third kappa shape index (κ3) is 4.37. The van der Waals surface area contributed by atoms with Gasteiger partial charge >= 0.3 is 6.18 Å². The van der Waals surface area contributed by atoms with Crippen molar-refractivity contribution in [1.29, 1.82) is 0 Å². The highest BCUT2D eigenvalue weighted by Gasteiger charge is 2.36. The summed E-state index contributed by atoms with van der Waals surface area (Å²) in [5.74, 6) is -1.46. The number of nitrogens with two attached hydrogens (primary N) is 1. The Morgan fingerprint density at radius 3 is 2.57 bits per heavy atom. The molecule has 1 aliphatic heterocycles. The molecule has 0 spiro atoms. The first-order chi connectivity index (χ1) is 16.7. The van der Waals surface area contributed by atoms with Gasteiger partial charge in [0.1, 0.15) is 11.5 Å². The fourth-order valence-electron chi connectivity index (χ4n) is 3.80. The van der Waals surface area contributed by atoms with Gasteiger partial charge in [-0.1, -0.05) is 5.16 Å². The molecule has 3 heterocycles. The van der Waals surface area contributed by atoms with Crippen molar-refractivity contribution in [2.75, 3.05) is 42.3 Å². The molecule has 4 aromatic rings. The van der Waals surface area contributed by atoms with Crippen molar-refractivity contribution < 1.29 is 31.6 Å². The predicted octanol–water partition coefficient (Wildman–Crippen LogP) is 3.84. The molecular weight excluding hydrogens is 472 g/mol. The molecule has 0 atom stereocenters. The van der Waals surface area contributed by atoms with Crippen molar-refractivity contribution in [2.24, 2.45) is 0 Å². The number of halogens is 4. The third-order valence-corrected chi connectivity index (χ3v) is 5.52. The number of amides is 1. The lowest BCUT2D eigenvalue weighted by atomic mass is 10.2. The van der Waals surface area contributed by atoms with Crippen LogP contribution in [-0.4, -0.2) is 47.1 Å². The highest BCUT2D eigenvalue weighted by Crippen LogP contribution is 2.31. The molecule has 3 N–H and O–H groups in total. The van der Waals surface area contributed by atoms with E-state index in [1.165, 1.54) is 30.3 Å². The van der Waals surface area contributed by atoms with E-state index in [9.17, 15) is 22.4 Å². The summed E-state index contributed by atoms with van der Waals surface area (Å²) in [4.78, 5) is 14.8. The molecule has 1 amide bonds. The SMILES string of the molecule is Nc1noc2ccc(-n3nc(C(F)(F)F)cc3C(=O)Nc3ccc(N4CCOCC4)c(F)c3)cc12. The minimum absolute atomic E-state index is 0.0342. The summed E-state index contributed by atoms with van der Waals surface area (Å²) in [5.41, 5.74) is 4.92. The molecule has 0 saturated carbocycles. The van der Waals surface area contributed by atoms with Crippen LogP contribution >= 0.6 is 0 Å². The van der Waals surface area contributed by atoms with Crippen molar-refractivity contribution in [3.8, 4) is 5.69 Å². The fraction of sp³-hybridized carbons (Fsp3) is 0.227. The van der Waals surface area contributed by atoms with Gasteiger partial charge in [-0.05, 0) is 36.4 Å². The third-order valence-electron chi connectivity index (χ3n) is 5.52. The average Bonchev–Trinajstić information content (AvgIpc) is 3.44. The number of alkyl halides is 3. The van der Waals surface area contributed by atoms with E-state index in [0.717, 1.165) is 10.7 Å². The Morgan fingerprint density at radius 2 is 1.86 bits per heavy atom. The number of rotatable bonds is 4. The quantitative estimate of drug-likeness (QED) is 0.418. The van der Waals surface area contributed by atoms with E-state index in [0.29, 0.717) is 49.0 Å². The number of nitrogen functional groups attached to an aromatic ring is 1. The lowest BCUT2D eigenvalue weighted by molar-refractivity contribution is -0.141. The molecule has 1 saturated heterocycles. The fourth-order valence-corrected chi connectivity index (χ4v) is 3.80. The number of nitrogens with zero attached hydrogens (tertiary/aromatic N) is 4. The van der Waals surface area contributed by atoms with Gasteiger partial charge in [0.25, 0.3) is 5.91 Å². The van der Waals surface area contributed by atoms with Crippen molar-refractivity contribution in [3.05, 3.63) is 59.7 Å². The Labute approximate surface area is 195 Å². The number of fused-ring (bicyclic) bond motifs is 1. The van der Waals surface area contributed by atoms with Gasteiger partial charge in [-0.25, -0.2) is 9.07 Å². The van der Waals surface area contributed by atoms with Crippen molar-refractivity contribution in [3.63, 3.8) is 0 Å². The van der Waals surface area contributed by atoms with E-state index in [1.807, 2.05) is 4.90 Å². The van der Waals surface area contributed by atoms with Crippen LogP contribution in [0.15, 0.2) is 47.0 Å². The monoisotopic (exact) mass is 490 g/mol. The van der Waals surface area contributed by atoms with Crippen LogP contribution in [0.5, 0.6) is 0 Å². The summed E-state index contributed by atoms with van der Waals surface area (Å²) < 4.78 is 66.1. The number of carbonyl (C=O) groups is 1. The van der Waals surface area contributed by atoms with Crippen molar-refractivity contribution in [2.45, 2.75) is 6.18 Å². The number of anilines is 3. The molecule has 35 heavy (non-hydrogen) atoms. The first-order valence-electron chi connectivity index (χ1n) is 10.5. The molecule has 1 fully saturated rings. The summed E-state index contributed by atoms with van der Waals surface area (Å²) in [5, 5.41) is 9.97. The molecular formula is C22H18F4N6O3. The molecule has 182 valence electrons. The van der Waals surface area contributed by atoms with Crippen LogP contribution in [0.1, 0.15) is 16.2 Å². The Kier molecular flexibility index (Phi) is 5.55. The van der Waals surface area contributed by atoms with Crippen LogP contribution in [0.25, 0.3) is 16.7 Å². The van der Waals surface area contributed by atoms with E-state index in [2.05, 4.69) is 15.6 Å². The van der Waals surface area contributed by atoms with Gasteiger partial charge in [0, 0.05) is 24.8 Å². The van der Waals surface area contributed by atoms with Crippen molar-refractivity contribution in [1.82, 2.24) is 14.9 Å². The smallest absolute Gasteiger partial charge is 0.380 e. The zero-order valence-corrected chi connectivity index (χ0v) is 18.0. The summed E-state index contributed by atoms with van der Waals surface area (Å²) >= 11 is 0. The van der Waals surface area contributed by atoms with Crippen molar-refractivity contribution >= 4 is 34.1 Å². The summed E-state index contributed by atoms with van der Waals surface area (Å²) in [6, 6.07) is 8.96. The average molecular weight is 490 g/mol. The van der Waals surface area contributed by atoms with Crippen LogP contribution in [0, 0.1) is 5.82 Å². The highest BCUT2D eigenvalue weighted by atomic mass is 19.4. The maximum Gasteiger partial charge on any atom is 0.435 e. The zero-order chi connectivity index (χ0) is 24.7. The lowest BCUT2D eigenvalue weighted by Gasteiger charge is -2.29. The molecule has 2 aromatic heterocycles. The number of ether oxygens (including phenoxy) is 1. The first kappa shape index (κ1) is 22.7. The van der Waals surface area contributed by atoms with Gasteiger partial charge in [-0.3, -0.25) is 4.79 Å². The molecule has 9 nitrogen and oxygen atoms in total. The Hall–Kier alpha value is -4.13. The van der Waals surface area contributed by atoms with Gasteiger partial charge in [0.2, 0.25) is 0 Å². The molecule has 1 aliphatic rings. The second-order valence-electron chi connectivity index (χ2n) is 7.79. The number of hydrogen-bond acceptors (Lipinski definition) is 7. The maximum absolute atomic E-state index is 14.7. The second kappa shape index (κ2) is 8.58. The van der Waals surface area contributed by atoms with E-state index < -0.39 is 29.3 Å². The Bertz CT molecular complexity index is 1410. The van der Waals surface area contributed by atoms with E-state index >= 15 is 0 Å². The van der Waals surface area contributed by atoms with Crippen LogP contribution in [0.2, 0.25) is 0 Å². The molecule has 0 unspecified atom stereocenters. The minimum Gasteiger partial charge on any atom is -0.380 e. The summed E-state index contributed by atoms with van der Waals surface area (Å²) in [6.45, 7) is 1.97. The van der Waals surface area contributed by atoms with Crippen LogP contribution in [0.3, 0.4) is 0 Å². The zero-order valence-electron chi connectivity index (χ0n) is 18.0. The van der Waals surface area contributed by atoms with Gasteiger partial charge in [0.05, 0.1) is 30.0 Å². The normalized spacial score (nSPS) is 14.5. The second-order valence-corrected chi connectivity index (χ2v) is 7.79. The van der Waals surface area contributed by atoms with Crippen LogP contribution in [-0.2, 0) is 10.9 Å². The minimum atomic E-state index is -4.80. The highest BCUT2D eigenvalue weighted by molar-refractivity contribution is 6.03. The van der Waals surface area contributed by atoms with Gasteiger partial charge < -0.3 is 25.2 Å². The topological polar surface area (TPSA) is 111 Å². The molecule has 0 radical (unpaired) electrons. The number of morpholine rings is 1. The molecule has 2 aromatic carbocycles. The molecule has 13 heteroatoms. The number of benzene rings is 2. The number of aromatic nitrogens is 3. The van der Waals surface area contributed by atoms with Gasteiger partial charge in [-0.2, -0.15) is 18.3 Å². The number of hydrogen-bond donors (Lipinski definition) is 2. The number of carbonyl (C=O) groups excluding carboxylic acids is 1. The van der Waals surface area contributed by atoms with Crippen LogP contribution in [0.4, 0.5) is 34.8 Å². The first-order valence-corrected chi connectivity index (χ1v) is 10.5. The Balaban J connectivity index is 1.47. The summed E-state index contributed by atoms with van der Waals surface area (Å²) in [7, 11) is 0. The van der Waals surface area contributed by atoms with Gasteiger partial charge in [0.15, 0.2) is 17.1 Å². The number of nitrogens with one attached hydrogen (secondary N) is 1. The van der Waals surface area contributed by atoms with E-state index in [-0.39, 0.29) is 17.2 Å². The largest absolute Gasteiger partial charge is 0.435 e. The molecule has 5 rings (SSSR count). The lowest BCUT2D eigenvalue weighted by Crippen LogP contribution is -2.36. The van der Waals surface area contributed by atoms with Crippen LogP contribution < -0.4 is 16.0 Å². The Morgan fingerprint density at radius 1 is 1.09 bits per heavy atom. The standard InChI is InChI=1S/C22H18F4N6O3/c23-15-9-12(1-3-16(15)31-5-7-34-8-6-31)28-21(33)17-11-19(22(24,25)26)29-32(17)13-2-4-18-14(10-13)20(27)30-35-18/h1-4,9-11H,5-8H2,(H2,27,30)(H,28,33). The predicted molar refractivity (Wildman–Crippen MR) is 118 cm³/mol.